The number of aryl methyl sites for hydroxylation is 1. The largest absolute Gasteiger partial charge is 0.399 e. The van der Waals surface area contributed by atoms with Crippen molar-refractivity contribution in [1.82, 2.24) is 4.90 Å². The number of amides is 1. The van der Waals surface area contributed by atoms with Crippen LogP contribution in [0.3, 0.4) is 0 Å². The topological polar surface area (TPSA) is 58.4 Å². The zero-order chi connectivity index (χ0) is 16.0. The van der Waals surface area contributed by atoms with Gasteiger partial charge in [-0.3, -0.25) is 4.79 Å². The van der Waals surface area contributed by atoms with Gasteiger partial charge in [-0.2, -0.15) is 0 Å². The summed E-state index contributed by atoms with van der Waals surface area (Å²) in [6.07, 6.45) is 1.39. The molecular formula is C17H29N3O. The molecule has 1 aromatic rings. The number of nitrogens with two attached hydrogens (primary N) is 1. The van der Waals surface area contributed by atoms with Crippen LogP contribution in [-0.2, 0) is 4.79 Å². The SMILES string of the molecule is Cc1ccc(N)cc1NC(=O)CCCN(C)C(C)C(C)C. The first-order valence-corrected chi connectivity index (χ1v) is 7.67. The number of rotatable bonds is 7. The highest BCUT2D eigenvalue weighted by atomic mass is 16.1. The van der Waals surface area contributed by atoms with Crippen molar-refractivity contribution in [3.63, 3.8) is 0 Å². The van der Waals surface area contributed by atoms with E-state index < -0.39 is 0 Å². The molecule has 0 bridgehead atoms. The van der Waals surface area contributed by atoms with Crippen molar-refractivity contribution in [1.29, 1.82) is 0 Å². The Morgan fingerprint density at radius 2 is 2.00 bits per heavy atom. The number of benzene rings is 1. The molecule has 1 aromatic carbocycles. The quantitative estimate of drug-likeness (QED) is 0.758. The van der Waals surface area contributed by atoms with E-state index in [9.17, 15) is 4.79 Å². The monoisotopic (exact) mass is 291 g/mol. The maximum atomic E-state index is 12.0. The Morgan fingerprint density at radius 1 is 1.33 bits per heavy atom. The first-order valence-electron chi connectivity index (χ1n) is 7.67. The normalized spacial score (nSPS) is 12.7. The zero-order valence-electron chi connectivity index (χ0n) is 13.9. The number of carbonyl (C=O) groups excluding carboxylic acids is 1. The summed E-state index contributed by atoms with van der Waals surface area (Å²) in [7, 11) is 2.12. The van der Waals surface area contributed by atoms with Crippen LogP contribution in [0.5, 0.6) is 0 Å². The fourth-order valence-corrected chi connectivity index (χ4v) is 2.19. The van der Waals surface area contributed by atoms with Crippen LogP contribution < -0.4 is 11.1 Å². The van der Waals surface area contributed by atoms with E-state index >= 15 is 0 Å². The number of nitrogens with zero attached hydrogens (tertiary/aromatic N) is 1. The van der Waals surface area contributed by atoms with Gasteiger partial charge in [0.1, 0.15) is 0 Å². The van der Waals surface area contributed by atoms with Crippen LogP contribution in [0.4, 0.5) is 11.4 Å². The predicted octanol–water partition coefficient (Wildman–Crippen LogP) is 3.27. The van der Waals surface area contributed by atoms with Crippen LogP contribution in [-0.4, -0.2) is 30.4 Å². The molecule has 3 N–H and O–H groups in total. The molecule has 0 aliphatic carbocycles. The van der Waals surface area contributed by atoms with Gasteiger partial charge in [-0.25, -0.2) is 0 Å². The number of nitrogens with one attached hydrogen (secondary N) is 1. The standard InChI is InChI=1S/C17H29N3O/c1-12(2)14(4)20(5)10-6-7-17(21)19-16-11-15(18)9-8-13(16)3/h8-9,11-12,14H,6-7,10,18H2,1-5H3,(H,19,21). The van der Waals surface area contributed by atoms with Gasteiger partial charge in [0.05, 0.1) is 0 Å². The molecule has 0 aromatic heterocycles. The van der Waals surface area contributed by atoms with Crippen molar-refractivity contribution in [3.8, 4) is 0 Å². The zero-order valence-corrected chi connectivity index (χ0v) is 13.9. The Bertz CT molecular complexity index is 471. The summed E-state index contributed by atoms with van der Waals surface area (Å²) in [5, 5.41) is 2.94. The Labute approximate surface area is 128 Å². The van der Waals surface area contributed by atoms with Crippen LogP contribution in [0.15, 0.2) is 18.2 Å². The third kappa shape index (κ3) is 5.76. The Hall–Kier alpha value is -1.55. The highest BCUT2D eigenvalue weighted by molar-refractivity contribution is 5.91. The lowest BCUT2D eigenvalue weighted by molar-refractivity contribution is -0.116. The van der Waals surface area contributed by atoms with Crippen molar-refractivity contribution >= 4 is 17.3 Å². The second-order valence-corrected chi connectivity index (χ2v) is 6.19. The molecule has 4 nitrogen and oxygen atoms in total. The molecule has 4 heteroatoms. The van der Waals surface area contributed by atoms with E-state index in [0.717, 1.165) is 24.2 Å². The van der Waals surface area contributed by atoms with E-state index in [-0.39, 0.29) is 5.91 Å². The predicted molar refractivity (Wildman–Crippen MR) is 90.4 cm³/mol. The second kappa shape index (κ2) is 8.03. The lowest BCUT2D eigenvalue weighted by atomic mass is 10.1. The van der Waals surface area contributed by atoms with Crippen molar-refractivity contribution < 1.29 is 4.79 Å². The molecule has 1 unspecified atom stereocenters. The van der Waals surface area contributed by atoms with Crippen LogP contribution >= 0.6 is 0 Å². The Kier molecular flexibility index (Phi) is 6.69. The van der Waals surface area contributed by atoms with Crippen LogP contribution in [0.2, 0.25) is 0 Å². The number of hydrogen-bond acceptors (Lipinski definition) is 3. The first-order chi connectivity index (χ1) is 9.81. The maximum absolute atomic E-state index is 12.0. The van der Waals surface area contributed by atoms with E-state index in [0.29, 0.717) is 24.1 Å². The number of anilines is 2. The third-order valence-electron chi connectivity index (χ3n) is 4.11. The van der Waals surface area contributed by atoms with Gasteiger partial charge in [-0.1, -0.05) is 19.9 Å². The minimum absolute atomic E-state index is 0.0503. The van der Waals surface area contributed by atoms with E-state index in [1.807, 2.05) is 19.1 Å². The summed E-state index contributed by atoms with van der Waals surface area (Å²) in [5.41, 5.74) is 8.25. The van der Waals surface area contributed by atoms with Crippen molar-refractivity contribution in [2.24, 2.45) is 5.92 Å². The molecule has 118 valence electrons. The highest BCUT2D eigenvalue weighted by Gasteiger charge is 2.13. The third-order valence-corrected chi connectivity index (χ3v) is 4.11. The van der Waals surface area contributed by atoms with E-state index in [4.69, 9.17) is 5.73 Å². The Morgan fingerprint density at radius 3 is 2.62 bits per heavy atom. The minimum Gasteiger partial charge on any atom is -0.399 e. The van der Waals surface area contributed by atoms with Gasteiger partial charge in [0.15, 0.2) is 0 Å². The summed E-state index contributed by atoms with van der Waals surface area (Å²) >= 11 is 0. The van der Waals surface area contributed by atoms with E-state index in [1.165, 1.54) is 0 Å². The molecule has 0 aliphatic rings. The van der Waals surface area contributed by atoms with E-state index in [2.05, 4.69) is 38.0 Å². The smallest absolute Gasteiger partial charge is 0.224 e. The fourth-order valence-electron chi connectivity index (χ4n) is 2.19. The van der Waals surface area contributed by atoms with Gasteiger partial charge in [-0.15, -0.1) is 0 Å². The summed E-state index contributed by atoms with van der Waals surface area (Å²) in [5.74, 6) is 0.674. The molecule has 21 heavy (non-hydrogen) atoms. The van der Waals surface area contributed by atoms with Crippen molar-refractivity contribution in [3.05, 3.63) is 23.8 Å². The average molecular weight is 291 g/mol. The molecule has 0 radical (unpaired) electrons. The first kappa shape index (κ1) is 17.5. The van der Waals surface area contributed by atoms with Gasteiger partial charge >= 0.3 is 0 Å². The molecule has 1 rings (SSSR count). The van der Waals surface area contributed by atoms with Gasteiger partial charge in [-0.05, 0) is 57.5 Å². The van der Waals surface area contributed by atoms with Gasteiger partial charge < -0.3 is 16.0 Å². The van der Waals surface area contributed by atoms with Crippen LogP contribution in [0.1, 0.15) is 39.2 Å². The van der Waals surface area contributed by atoms with Gasteiger partial charge in [0.25, 0.3) is 0 Å². The Balaban J connectivity index is 2.39. The van der Waals surface area contributed by atoms with E-state index in [1.54, 1.807) is 6.07 Å². The van der Waals surface area contributed by atoms with Gasteiger partial charge in [0.2, 0.25) is 5.91 Å². The molecule has 1 atom stereocenters. The van der Waals surface area contributed by atoms with Crippen molar-refractivity contribution in [2.75, 3.05) is 24.6 Å². The molecule has 0 saturated carbocycles. The van der Waals surface area contributed by atoms with Gasteiger partial charge in [0, 0.05) is 23.8 Å². The minimum atomic E-state index is 0.0503. The van der Waals surface area contributed by atoms with Crippen LogP contribution in [0.25, 0.3) is 0 Å². The number of hydrogen-bond donors (Lipinski definition) is 2. The lowest BCUT2D eigenvalue weighted by Crippen LogP contribution is -2.34. The molecule has 0 aliphatic heterocycles. The molecule has 0 heterocycles. The summed E-state index contributed by atoms with van der Waals surface area (Å²) in [6, 6.07) is 6.10. The molecule has 0 spiro atoms. The fraction of sp³-hybridized carbons (Fsp3) is 0.588. The number of nitrogen functional groups attached to an aromatic ring is 1. The average Bonchev–Trinajstić information content (AvgIpc) is 2.41. The summed E-state index contributed by atoms with van der Waals surface area (Å²) in [6.45, 7) is 9.56. The second-order valence-electron chi connectivity index (χ2n) is 6.19. The molecule has 1 amide bonds. The molecular weight excluding hydrogens is 262 g/mol. The summed E-state index contributed by atoms with van der Waals surface area (Å²) < 4.78 is 0. The summed E-state index contributed by atoms with van der Waals surface area (Å²) in [4.78, 5) is 14.3. The molecule has 0 saturated heterocycles. The highest BCUT2D eigenvalue weighted by Crippen LogP contribution is 2.18. The van der Waals surface area contributed by atoms with Crippen LogP contribution in [0, 0.1) is 12.8 Å². The molecule has 0 fully saturated rings. The number of carbonyl (C=O) groups is 1. The maximum Gasteiger partial charge on any atom is 0.224 e. The lowest BCUT2D eigenvalue weighted by Gasteiger charge is -2.27. The van der Waals surface area contributed by atoms with Crippen molar-refractivity contribution in [2.45, 2.75) is 46.6 Å².